The fourth-order valence-electron chi connectivity index (χ4n) is 4.10. The Bertz CT molecular complexity index is 993. The lowest BCUT2D eigenvalue weighted by Gasteiger charge is -2.46. The number of benzene rings is 2. The molecule has 0 saturated carbocycles. The van der Waals surface area contributed by atoms with E-state index in [-0.39, 0.29) is 17.9 Å². The first-order chi connectivity index (χ1) is 11.6. The van der Waals surface area contributed by atoms with Crippen LogP contribution in [0.4, 0.5) is 10.1 Å². The van der Waals surface area contributed by atoms with Crippen LogP contribution in [0.2, 0.25) is 0 Å². The van der Waals surface area contributed by atoms with Crippen LogP contribution >= 0.6 is 0 Å². The molecule has 4 nitrogen and oxygen atoms in total. The molecule has 0 fully saturated rings. The number of nitrogens with one attached hydrogen (secondary N) is 1. The van der Waals surface area contributed by atoms with Gasteiger partial charge in [-0.3, -0.25) is 4.79 Å². The molecule has 1 N–H and O–H groups in total. The minimum absolute atomic E-state index is 0.0594. The Labute approximate surface area is 138 Å². The third-order valence-corrected chi connectivity index (χ3v) is 5.20. The van der Waals surface area contributed by atoms with Crippen LogP contribution in [0.25, 0.3) is 10.9 Å². The molecule has 2 aliphatic rings. The number of aromatic amines is 1. The summed E-state index contributed by atoms with van der Waals surface area (Å²) in [5.74, 6) is -0.172. The molecule has 5 rings (SSSR count). The summed E-state index contributed by atoms with van der Waals surface area (Å²) in [5.41, 5.74) is 4.70. The molecule has 1 aromatic heterocycles. The lowest BCUT2D eigenvalue weighted by atomic mass is 9.96. The van der Waals surface area contributed by atoms with E-state index in [4.69, 9.17) is 0 Å². The van der Waals surface area contributed by atoms with Crippen molar-refractivity contribution < 1.29 is 9.18 Å². The van der Waals surface area contributed by atoms with Gasteiger partial charge in [-0.15, -0.1) is 0 Å². The highest BCUT2D eigenvalue weighted by Gasteiger charge is 2.41. The summed E-state index contributed by atoms with van der Waals surface area (Å²) in [6.45, 7) is 0.638. The van der Waals surface area contributed by atoms with Gasteiger partial charge in [0.15, 0.2) is 0 Å². The third-order valence-electron chi connectivity index (χ3n) is 5.20. The van der Waals surface area contributed by atoms with Gasteiger partial charge in [-0.2, -0.15) is 0 Å². The smallest absolute Gasteiger partial charge is 0.257 e. The van der Waals surface area contributed by atoms with Crippen LogP contribution in [0.15, 0.2) is 42.5 Å². The van der Waals surface area contributed by atoms with Gasteiger partial charge in [0.25, 0.3) is 5.91 Å². The number of carbonyl (C=O) groups excluding carboxylic acids is 1. The number of carbonyl (C=O) groups is 1. The molecule has 2 aliphatic heterocycles. The Balaban J connectivity index is 1.74. The third kappa shape index (κ3) is 1.64. The maximum atomic E-state index is 13.7. The van der Waals surface area contributed by atoms with E-state index in [1.54, 1.807) is 12.1 Å². The van der Waals surface area contributed by atoms with Gasteiger partial charge in [0.05, 0.1) is 16.9 Å². The van der Waals surface area contributed by atoms with E-state index in [1.165, 1.54) is 6.07 Å². The Morgan fingerprint density at radius 1 is 1.21 bits per heavy atom. The van der Waals surface area contributed by atoms with Crippen LogP contribution in [0.5, 0.6) is 0 Å². The SMILES string of the molecule is CN1c2ccccc2C(=O)N2CCc3c([nH]c4ccc(F)cc34)[C@H]21. The zero-order chi connectivity index (χ0) is 16.4. The van der Waals surface area contributed by atoms with Crippen LogP contribution in [0.3, 0.4) is 0 Å². The largest absolute Gasteiger partial charge is 0.355 e. The van der Waals surface area contributed by atoms with E-state index in [2.05, 4.69) is 9.88 Å². The molecular weight excluding hydrogens is 305 g/mol. The van der Waals surface area contributed by atoms with Crippen molar-refractivity contribution in [3.8, 4) is 0 Å². The van der Waals surface area contributed by atoms with Crippen molar-refractivity contribution in [3.63, 3.8) is 0 Å². The van der Waals surface area contributed by atoms with Crippen molar-refractivity contribution in [1.82, 2.24) is 9.88 Å². The first-order valence-electron chi connectivity index (χ1n) is 8.08. The van der Waals surface area contributed by atoms with Crippen molar-refractivity contribution in [2.45, 2.75) is 12.6 Å². The fourth-order valence-corrected chi connectivity index (χ4v) is 4.10. The molecule has 0 unspecified atom stereocenters. The lowest BCUT2D eigenvalue weighted by Crippen LogP contribution is -2.51. The summed E-state index contributed by atoms with van der Waals surface area (Å²) in [6.07, 6.45) is 0.559. The van der Waals surface area contributed by atoms with E-state index >= 15 is 0 Å². The molecule has 5 heteroatoms. The predicted molar refractivity (Wildman–Crippen MR) is 90.6 cm³/mol. The van der Waals surface area contributed by atoms with Crippen LogP contribution in [-0.4, -0.2) is 29.4 Å². The highest BCUT2D eigenvalue weighted by Crippen LogP contribution is 2.42. The average molecular weight is 321 g/mol. The number of halogens is 1. The van der Waals surface area contributed by atoms with Crippen molar-refractivity contribution in [2.75, 3.05) is 18.5 Å². The fraction of sp³-hybridized carbons (Fsp3) is 0.211. The van der Waals surface area contributed by atoms with E-state index in [0.29, 0.717) is 6.54 Å². The summed E-state index contributed by atoms with van der Waals surface area (Å²) < 4.78 is 13.7. The number of amides is 1. The van der Waals surface area contributed by atoms with Gasteiger partial charge in [0.2, 0.25) is 0 Å². The maximum absolute atomic E-state index is 13.7. The predicted octanol–water partition coefficient (Wildman–Crippen LogP) is 3.45. The second-order valence-electron chi connectivity index (χ2n) is 6.46. The summed E-state index contributed by atoms with van der Waals surface area (Å²) in [5, 5.41) is 0.921. The van der Waals surface area contributed by atoms with Crippen LogP contribution in [0, 0.1) is 5.82 Å². The molecule has 1 atom stereocenters. The van der Waals surface area contributed by atoms with Crippen molar-refractivity contribution in [2.24, 2.45) is 0 Å². The molecule has 0 aliphatic carbocycles. The standard InChI is InChI=1S/C19H16FN3O/c1-22-16-5-3-2-4-13(16)19(24)23-9-8-12-14-10-11(20)6-7-15(14)21-17(12)18(22)23/h2-7,10,18,21H,8-9H2,1H3/t18-/m0/s1. The summed E-state index contributed by atoms with van der Waals surface area (Å²) >= 11 is 0. The number of hydrogen-bond acceptors (Lipinski definition) is 2. The maximum Gasteiger partial charge on any atom is 0.257 e. The Morgan fingerprint density at radius 2 is 2.04 bits per heavy atom. The number of aromatic nitrogens is 1. The quantitative estimate of drug-likeness (QED) is 0.689. The molecule has 0 radical (unpaired) electrons. The molecule has 0 spiro atoms. The van der Waals surface area contributed by atoms with Gasteiger partial charge in [0.1, 0.15) is 12.0 Å². The van der Waals surface area contributed by atoms with Gasteiger partial charge in [-0.25, -0.2) is 4.39 Å². The van der Waals surface area contributed by atoms with Crippen LogP contribution in [0.1, 0.15) is 27.8 Å². The highest BCUT2D eigenvalue weighted by atomic mass is 19.1. The number of para-hydroxylation sites is 1. The van der Waals surface area contributed by atoms with Gasteiger partial charge in [-0.1, -0.05) is 12.1 Å². The number of hydrogen-bond donors (Lipinski definition) is 1. The Kier molecular flexibility index (Phi) is 2.61. The second-order valence-corrected chi connectivity index (χ2v) is 6.46. The summed E-state index contributed by atoms with van der Waals surface area (Å²) in [7, 11) is 2.00. The Hall–Kier alpha value is -2.82. The monoisotopic (exact) mass is 321 g/mol. The second kappa shape index (κ2) is 4.60. The number of anilines is 1. The first-order valence-corrected chi connectivity index (χ1v) is 8.08. The number of rotatable bonds is 0. The molecule has 1 amide bonds. The van der Waals surface area contributed by atoms with Gasteiger partial charge < -0.3 is 14.8 Å². The number of fused-ring (bicyclic) bond motifs is 6. The molecule has 2 aromatic carbocycles. The summed E-state index contributed by atoms with van der Waals surface area (Å²) in [6, 6.07) is 12.5. The van der Waals surface area contributed by atoms with E-state index < -0.39 is 0 Å². The average Bonchev–Trinajstić information content (AvgIpc) is 2.97. The molecule has 120 valence electrons. The van der Waals surface area contributed by atoms with Crippen molar-refractivity contribution in [3.05, 3.63) is 65.1 Å². The minimum atomic E-state index is -0.231. The van der Waals surface area contributed by atoms with Gasteiger partial charge >= 0.3 is 0 Å². The zero-order valence-corrected chi connectivity index (χ0v) is 13.2. The molecule has 0 bridgehead atoms. The molecule has 3 aromatic rings. The van der Waals surface area contributed by atoms with E-state index in [0.717, 1.165) is 39.8 Å². The van der Waals surface area contributed by atoms with Crippen molar-refractivity contribution >= 4 is 22.5 Å². The number of H-pyrrole nitrogens is 1. The van der Waals surface area contributed by atoms with Gasteiger partial charge in [-0.05, 0) is 42.3 Å². The number of nitrogens with zero attached hydrogens (tertiary/aromatic N) is 2. The molecule has 24 heavy (non-hydrogen) atoms. The lowest BCUT2D eigenvalue weighted by molar-refractivity contribution is 0.0634. The molecule has 0 saturated heterocycles. The molecular formula is C19H16FN3O. The van der Waals surface area contributed by atoms with Crippen LogP contribution in [-0.2, 0) is 6.42 Å². The van der Waals surface area contributed by atoms with Crippen LogP contribution < -0.4 is 4.90 Å². The topological polar surface area (TPSA) is 39.3 Å². The normalized spacial score (nSPS) is 19.2. The first kappa shape index (κ1) is 13.6. The summed E-state index contributed by atoms with van der Waals surface area (Å²) in [4.78, 5) is 20.3. The van der Waals surface area contributed by atoms with Crippen molar-refractivity contribution in [1.29, 1.82) is 0 Å². The van der Waals surface area contributed by atoms with E-state index in [1.807, 2.05) is 36.2 Å². The molecule has 3 heterocycles. The highest BCUT2D eigenvalue weighted by molar-refractivity contribution is 6.02. The zero-order valence-electron chi connectivity index (χ0n) is 13.2. The van der Waals surface area contributed by atoms with E-state index in [9.17, 15) is 9.18 Å². The minimum Gasteiger partial charge on any atom is -0.355 e. The Morgan fingerprint density at radius 3 is 2.92 bits per heavy atom. The van der Waals surface area contributed by atoms with Gasteiger partial charge in [0, 0.05) is 24.5 Å².